The number of H-pyrrole nitrogens is 1. The summed E-state index contributed by atoms with van der Waals surface area (Å²) in [4.78, 5) is 33.5. The molecule has 0 atom stereocenters. The molecule has 12 nitrogen and oxygen atoms in total. The monoisotopic (exact) mass is 592 g/mol. The highest BCUT2D eigenvalue weighted by atomic mass is 35.5. The Hall–Kier alpha value is -4.33. The van der Waals surface area contributed by atoms with Crippen LogP contribution in [0.3, 0.4) is 0 Å². The van der Waals surface area contributed by atoms with Gasteiger partial charge in [-0.3, -0.25) is 14.6 Å². The molecule has 3 aromatic heterocycles. The van der Waals surface area contributed by atoms with Gasteiger partial charge in [-0.2, -0.15) is 24.2 Å². The van der Waals surface area contributed by atoms with Crippen molar-refractivity contribution in [2.75, 3.05) is 18.4 Å². The van der Waals surface area contributed by atoms with Crippen LogP contribution in [-0.2, 0) is 10.0 Å². The number of piperidine rings is 1. The Kier molecular flexibility index (Phi) is 6.93. The first kappa shape index (κ1) is 26.9. The summed E-state index contributed by atoms with van der Waals surface area (Å²) >= 11 is 6.14. The van der Waals surface area contributed by atoms with Crippen molar-refractivity contribution in [1.29, 1.82) is 0 Å². The fourth-order valence-electron chi connectivity index (χ4n) is 4.78. The molecule has 41 heavy (non-hydrogen) atoms. The normalized spacial score (nSPS) is 14.4. The van der Waals surface area contributed by atoms with Crippen molar-refractivity contribution in [3.63, 3.8) is 0 Å². The first-order valence-electron chi connectivity index (χ1n) is 12.9. The first-order valence-corrected chi connectivity index (χ1v) is 14.7. The van der Waals surface area contributed by atoms with E-state index in [0.717, 1.165) is 19.3 Å². The molecule has 0 radical (unpaired) electrons. The number of nitrogens with zero attached hydrogens (tertiary/aromatic N) is 6. The van der Waals surface area contributed by atoms with Crippen LogP contribution < -0.4 is 10.9 Å². The van der Waals surface area contributed by atoms with Crippen molar-refractivity contribution in [1.82, 2.24) is 33.8 Å². The van der Waals surface area contributed by atoms with Crippen molar-refractivity contribution < 1.29 is 13.2 Å². The number of aromatic amines is 1. The molecule has 0 bridgehead atoms. The number of rotatable bonds is 6. The molecule has 6 rings (SSSR count). The second-order valence-corrected chi connectivity index (χ2v) is 12.1. The third-order valence-electron chi connectivity index (χ3n) is 6.82. The Morgan fingerprint density at radius 3 is 2.51 bits per heavy atom. The number of carbonyl (C=O) groups is 1. The van der Waals surface area contributed by atoms with Crippen LogP contribution in [0.4, 0.5) is 5.82 Å². The molecule has 5 aromatic rings. The number of fused-ring (bicyclic) bond motifs is 1. The Bertz CT molecular complexity index is 1940. The molecule has 210 valence electrons. The zero-order valence-corrected chi connectivity index (χ0v) is 23.5. The molecule has 4 heterocycles. The van der Waals surface area contributed by atoms with Gasteiger partial charge in [-0.15, -0.1) is 0 Å². The van der Waals surface area contributed by atoms with Gasteiger partial charge < -0.3 is 5.32 Å². The van der Waals surface area contributed by atoms with Crippen molar-refractivity contribution >= 4 is 44.4 Å². The summed E-state index contributed by atoms with van der Waals surface area (Å²) in [5, 5.41) is 12.3. The molecule has 1 aliphatic rings. The lowest BCUT2D eigenvalue weighted by atomic mass is 10.2. The topological polar surface area (TPSA) is 148 Å². The second-order valence-electron chi connectivity index (χ2n) is 9.69. The second kappa shape index (κ2) is 10.6. The van der Waals surface area contributed by atoms with E-state index in [1.807, 2.05) is 0 Å². The van der Waals surface area contributed by atoms with Gasteiger partial charge in [0.15, 0.2) is 5.65 Å². The zero-order chi connectivity index (χ0) is 28.7. The number of hydrogen-bond donors (Lipinski definition) is 2. The van der Waals surface area contributed by atoms with Crippen LogP contribution in [0.2, 0.25) is 5.02 Å². The maximum absolute atomic E-state index is 13.1. The summed E-state index contributed by atoms with van der Waals surface area (Å²) in [7, 11) is -3.62. The highest BCUT2D eigenvalue weighted by Crippen LogP contribution is 2.23. The summed E-state index contributed by atoms with van der Waals surface area (Å²) in [6.45, 7) is 2.73. The number of sulfonamides is 1. The molecule has 1 amide bonds. The summed E-state index contributed by atoms with van der Waals surface area (Å²) in [5.74, 6) is -0.160. The molecular weight excluding hydrogens is 568 g/mol. The van der Waals surface area contributed by atoms with Gasteiger partial charge in [0.25, 0.3) is 11.5 Å². The van der Waals surface area contributed by atoms with Crippen LogP contribution in [0.15, 0.2) is 70.5 Å². The number of halogens is 1. The quantitative estimate of drug-likeness (QED) is 0.305. The van der Waals surface area contributed by atoms with E-state index in [4.69, 9.17) is 11.6 Å². The van der Waals surface area contributed by atoms with E-state index in [-0.39, 0.29) is 33.3 Å². The lowest BCUT2D eigenvalue weighted by Crippen LogP contribution is -2.35. The molecule has 1 fully saturated rings. The van der Waals surface area contributed by atoms with E-state index in [0.29, 0.717) is 29.5 Å². The minimum absolute atomic E-state index is 0.0673. The molecule has 0 unspecified atom stereocenters. The van der Waals surface area contributed by atoms with Gasteiger partial charge in [0.05, 0.1) is 22.5 Å². The lowest BCUT2D eigenvalue weighted by molar-refractivity contribution is 0.102. The number of nitrogens with one attached hydrogen (secondary N) is 2. The minimum atomic E-state index is -3.62. The average molecular weight is 593 g/mol. The smallest absolute Gasteiger partial charge is 0.263 e. The third kappa shape index (κ3) is 5.14. The zero-order valence-electron chi connectivity index (χ0n) is 21.9. The molecule has 0 spiro atoms. The summed E-state index contributed by atoms with van der Waals surface area (Å²) in [5.41, 5.74) is 1.28. The number of amides is 1. The first-order chi connectivity index (χ1) is 19.7. The minimum Gasteiger partial charge on any atom is -0.306 e. The Morgan fingerprint density at radius 2 is 1.78 bits per heavy atom. The summed E-state index contributed by atoms with van der Waals surface area (Å²) < 4.78 is 30.2. The fourth-order valence-corrected chi connectivity index (χ4v) is 6.48. The van der Waals surface area contributed by atoms with Crippen LogP contribution in [-0.4, -0.2) is 61.2 Å². The number of carbonyl (C=O) groups excluding carboxylic acids is 1. The predicted molar refractivity (Wildman–Crippen MR) is 153 cm³/mol. The van der Waals surface area contributed by atoms with E-state index < -0.39 is 21.5 Å². The van der Waals surface area contributed by atoms with Crippen LogP contribution in [0.1, 0.15) is 35.3 Å². The summed E-state index contributed by atoms with van der Waals surface area (Å²) in [6.07, 6.45) is 4.10. The predicted octanol–water partition coefficient (Wildman–Crippen LogP) is 3.68. The molecule has 2 N–H and O–H groups in total. The highest BCUT2D eigenvalue weighted by Gasteiger charge is 2.26. The van der Waals surface area contributed by atoms with E-state index in [1.54, 1.807) is 37.3 Å². The Labute approximate surface area is 239 Å². The van der Waals surface area contributed by atoms with Gasteiger partial charge >= 0.3 is 0 Å². The van der Waals surface area contributed by atoms with Crippen molar-refractivity contribution in [3.8, 4) is 11.6 Å². The van der Waals surface area contributed by atoms with Gasteiger partial charge in [0.2, 0.25) is 16.0 Å². The fraction of sp³-hybridized carbons (Fsp3) is 0.222. The maximum atomic E-state index is 13.1. The lowest BCUT2D eigenvalue weighted by Gasteiger charge is -2.25. The average Bonchev–Trinajstić information content (AvgIpc) is 3.57. The van der Waals surface area contributed by atoms with E-state index in [2.05, 4.69) is 25.5 Å². The number of aromatic nitrogens is 6. The highest BCUT2D eigenvalue weighted by molar-refractivity contribution is 7.89. The van der Waals surface area contributed by atoms with E-state index in [1.165, 1.54) is 44.1 Å². The largest absolute Gasteiger partial charge is 0.306 e. The van der Waals surface area contributed by atoms with Crippen molar-refractivity contribution in [2.24, 2.45) is 0 Å². The van der Waals surface area contributed by atoms with E-state index >= 15 is 0 Å². The summed E-state index contributed by atoms with van der Waals surface area (Å²) in [6, 6.07) is 14.4. The molecule has 14 heteroatoms. The van der Waals surface area contributed by atoms with Crippen molar-refractivity contribution in [3.05, 3.63) is 87.4 Å². The van der Waals surface area contributed by atoms with Crippen LogP contribution in [0.25, 0.3) is 22.7 Å². The van der Waals surface area contributed by atoms with Crippen molar-refractivity contribution in [2.45, 2.75) is 31.1 Å². The molecular formula is C27H25ClN8O4S. The number of benzene rings is 2. The third-order valence-corrected chi connectivity index (χ3v) is 8.97. The Balaban J connectivity index is 1.30. The van der Waals surface area contributed by atoms with Gasteiger partial charge in [0.1, 0.15) is 11.2 Å². The van der Waals surface area contributed by atoms with Crippen LogP contribution in [0, 0.1) is 6.92 Å². The molecule has 2 aromatic carbocycles. The Morgan fingerprint density at radius 1 is 1.02 bits per heavy atom. The SMILES string of the molecule is Cc1cc(NC(=O)c2ccc(S(=O)(=O)N3CCCCC3)cc2)n(-c2nc3c(cnn3-c3cccc(Cl)c3)c(=O)[nH]2)n1. The molecule has 1 saturated heterocycles. The van der Waals surface area contributed by atoms with E-state index in [9.17, 15) is 18.0 Å². The number of aryl methyl sites for hydroxylation is 1. The standard InChI is InChI=1S/C27H25ClN8O4S/c1-17-14-23(30-25(37)18-8-10-21(11-9-18)41(39,40)34-12-3-2-4-13-34)36(33-17)27-31-24-22(26(38)32-27)16-29-35(24)20-7-5-6-19(28)15-20/h5-11,14-16H,2-4,12-13H2,1H3,(H,30,37)(H,31,32,38). The molecule has 0 saturated carbocycles. The van der Waals surface area contributed by atoms with Gasteiger partial charge in [-0.1, -0.05) is 24.1 Å². The number of anilines is 1. The van der Waals surface area contributed by atoms with Gasteiger partial charge in [-0.25, -0.2) is 13.1 Å². The maximum Gasteiger partial charge on any atom is 0.263 e. The molecule has 0 aliphatic carbocycles. The van der Waals surface area contributed by atoms with Gasteiger partial charge in [0, 0.05) is 29.7 Å². The van der Waals surface area contributed by atoms with Crippen LogP contribution >= 0.6 is 11.6 Å². The number of hydrogen-bond acceptors (Lipinski definition) is 7. The van der Waals surface area contributed by atoms with Gasteiger partial charge in [-0.05, 0) is 62.2 Å². The molecule has 1 aliphatic heterocycles. The van der Waals surface area contributed by atoms with Crippen LogP contribution in [0.5, 0.6) is 0 Å².